The average molecular weight is 258 g/mol. The second-order valence-corrected chi connectivity index (χ2v) is 6.20. The SMILES string of the molecule is CCCCCC1CC2=C(F)c3ccccc3CC2C1. The lowest BCUT2D eigenvalue weighted by Gasteiger charge is -2.21. The van der Waals surface area contributed by atoms with Crippen molar-refractivity contribution in [2.75, 3.05) is 0 Å². The van der Waals surface area contributed by atoms with Gasteiger partial charge in [0.1, 0.15) is 5.83 Å². The standard InChI is InChI=1S/C18H23F/c1-2-3-4-7-13-10-15-12-14-8-5-6-9-16(14)18(19)17(15)11-13/h5-6,8-9,13,15H,2-4,7,10-12H2,1H3. The van der Waals surface area contributed by atoms with E-state index in [2.05, 4.69) is 13.0 Å². The summed E-state index contributed by atoms with van der Waals surface area (Å²) in [6, 6.07) is 8.02. The van der Waals surface area contributed by atoms with Gasteiger partial charge < -0.3 is 0 Å². The van der Waals surface area contributed by atoms with Crippen LogP contribution in [0, 0.1) is 11.8 Å². The van der Waals surface area contributed by atoms with E-state index in [1.165, 1.54) is 37.7 Å². The summed E-state index contributed by atoms with van der Waals surface area (Å²) in [4.78, 5) is 0. The molecular formula is C18H23F. The highest BCUT2D eigenvalue weighted by molar-refractivity contribution is 5.68. The van der Waals surface area contributed by atoms with Crippen molar-refractivity contribution >= 4 is 5.83 Å². The molecule has 0 radical (unpaired) electrons. The third-order valence-electron chi connectivity index (χ3n) is 4.84. The summed E-state index contributed by atoms with van der Waals surface area (Å²) < 4.78 is 14.6. The first-order chi connectivity index (χ1) is 9.29. The van der Waals surface area contributed by atoms with Gasteiger partial charge in [0.2, 0.25) is 0 Å². The molecular weight excluding hydrogens is 235 g/mol. The molecule has 102 valence electrons. The average Bonchev–Trinajstić information content (AvgIpc) is 2.83. The molecule has 0 N–H and O–H groups in total. The van der Waals surface area contributed by atoms with Crippen molar-refractivity contribution in [1.82, 2.24) is 0 Å². The Balaban J connectivity index is 1.75. The summed E-state index contributed by atoms with van der Waals surface area (Å²) in [5, 5.41) is 0. The van der Waals surface area contributed by atoms with Gasteiger partial charge in [-0.2, -0.15) is 0 Å². The van der Waals surface area contributed by atoms with Gasteiger partial charge in [0.25, 0.3) is 0 Å². The maximum Gasteiger partial charge on any atom is 0.130 e. The molecule has 2 atom stereocenters. The number of hydrogen-bond acceptors (Lipinski definition) is 0. The third-order valence-corrected chi connectivity index (χ3v) is 4.84. The molecule has 0 nitrogen and oxygen atoms in total. The molecule has 0 saturated heterocycles. The van der Waals surface area contributed by atoms with Gasteiger partial charge in [-0.25, -0.2) is 4.39 Å². The molecule has 0 heterocycles. The molecule has 0 aliphatic heterocycles. The van der Waals surface area contributed by atoms with E-state index in [1.54, 1.807) is 0 Å². The monoisotopic (exact) mass is 258 g/mol. The number of unbranched alkanes of at least 4 members (excludes halogenated alkanes) is 2. The second-order valence-electron chi connectivity index (χ2n) is 6.20. The number of rotatable bonds is 4. The van der Waals surface area contributed by atoms with E-state index < -0.39 is 0 Å². The van der Waals surface area contributed by atoms with Crippen molar-refractivity contribution < 1.29 is 4.39 Å². The minimum Gasteiger partial charge on any atom is -0.206 e. The number of allylic oxidation sites excluding steroid dienone is 1. The topological polar surface area (TPSA) is 0 Å². The first-order valence-electron chi connectivity index (χ1n) is 7.76. The van der Waals surface area contributed by atoms with Crippen molar-refractivity contribution in [3.05, 3.63) is 41.0 Å². The summed E-state index contributed by atoms with van der Waals surface area (Å²) in [6.45, 7) is 2.24. The number of fused-ring (bicyclic) bond motifs is 2. The molecule has 1 aromatic carbocycles. The van der Waals surface area contributed by atoms with Crippen LogP contribution in [0.25, 0.3) is 5.83 Å². The van der Waals surface area contributed by atoms with E-state index in [0.29, 0.717) is 5.92 Å². The molecule has 1 fully saturated rings. The maximum atomic E-state index is 14.6. The van der Waals surface area contributed by atoms with E-state index >= 15 is 0 Å². The van der Waals surface area contributed by atoms with Crippen LogP contribution in [0.5, 0.6) is 0 Å². The van der Waals surface area contributed by atoms with Gasteiger partial charge in [-0.3, -0.25) is 0 Å². The second kappa shape index (κ2) is 5.48. The highest BCUT2D eigenvalue weighted by Crippen LogP contribution is 2.47. The quantitative estimate of drug-likeness (QED) is 0.623. The Labute approximate surface area is 115 Å². The minimum absolute atomic E-state index is 0.102. The van der Waals surface area contributed by atoms with Crippen LogP contribution in [-0.4, -0.2) is 0 Å². The first kappa shape index (κ1) is 12.9. The van der Waals surface area contributed by atoms with Gasteiger partial charge in [-0.05, 0) is 42.2 Å². The molecule has 2 unspecified atom stereocenters. The van der Waals surface area contributed by atoms with Crippen molar-refractivity contribution in [2.45, 2.75) is 51.9 Å². The lowest BCUT2D eigenvalue weighted by molar-refractivity contribution is 0.443. The van der Waals surface area contributed by atoms with Gasteiger partial charge in [0.15, 0.2) is 0 Å². The summed E-state index contributed by atoms with van der Waals surface area (Å²) in [7, 11) is 0. The van der Waals surface area contributed by atoms with Gasteiger partial charge in [0, 0.05) is 5.56 Å². The van der Waals surface area contributed by atoms with Crippen molar-refractivity contribution in [1.29, 1.82) is 0 Å². The van der Waals surface area contributed by atoms with E-state index in [0.717, 1.165) is 29.9 Å². The highest BCUT2D eigenvalue weighted by atomic mass is 19.1. The van der Waals surface area contributed by atoms with Crippen LogP contribution in [0.4, 0.5) is 4.39 Å². The van der Waals surface area contributed by atoms with Gasteiger partial charge >= 0.3 is 0 Å². The Bertz CT molecular complexity index is 486. The summed E-state index contributed by atoms with van der Waals surface area (Å²) in [5.41, 5.74) is 3.20. The van der Waals surface area contributed by atoms with Crippen molar-refractivity contribution in [2.24, 2.45) is 11.8 Å². The number of benzene rings is 1. The normalized spacial score (nSPS) is 25.4. The zero-order valence-corrected chi connectivity index (χ0v) is 11.8. The van der Waals surface area contributed by atoms with Crippen LogP contribution in [0.2, 0.25) is 0 Å². The van der Waals surface area contributed by atoms with Crippen molar-refractivity contribution in [3.63, 3.8) is 0 Å². The predicted octanol–water partition coefficient (Wildman–Crippen LogP) is 5.53. The maximum absolute atomic E-state index is 14.6. The molecule has 19 heavy (non-hydrogen) atoms. The Kier molecular flexibility index (Phi) is 3.72. The molecule has 0 spiro atoms. The number of hydrogen-bond donors (Lipinski definition) is 0. The van der Waals surface area contributed by atoms with Crippen LogP contribution in [0.15, 0.2) is 29.8 Å². The van der Waals surface area contributed by atoms with Crippen LogP contribution >= 0.6 is 0 Å². The molecule has 2 aliphatic carbocycles. The summed E-state index contributed by atoms with van der Waals surface area (Å²) in [5.74, 6) is 1.32. The summed E-state index contributed by atoms with van der Waals surface area (Å²) >= 11 is 0. The Morgan fingerprint density at radius 2 is 2.00 bits per heavy atom. The highest BCUT2D eigenvalue weighted by Gasteiger charge is 2.35. The summed E-state index contributed by atoms with van der Waals surface area (Å²) in [6.07, 6.45) is 8.48. The molecule has 2 aliphatic rings. The molecule has 1 aromatic rings. The fraction of sp³-hybridized carbons (Fsp3) is 0.556. The van der Waals surface area contributed by atoms with Crippen molar-refractivity contribution in [3.8, 4) is 0 Å². The van der Waals surface area contributed by atoms with E-state index in [4.69, 9.17) is 0 Å². The van der Waals surface area contributed by atoms with Crippen LogP contribution in [0.3, 0.4) is 0 Å². The molecule has 0 aromatic heterocycles. The van der Waals surface area contributed by atoms with Gasteiger partial charge in [0.05, 0.1) is 0 Å². The smallest absolute Gasteiger partial charge is 0.130 e. The molecule has 1 saturated carbocycles. The van der Waals surface area contributed by atoms with Crippen LogP contribution < -0.4 is 0 Å². The number of halogens is 1. The fourth-order valence-electron chi connectivity index (χ4n) is 3.83. The van der Waals surface area contributed by atoms with E-state index in [1.807, 2.05) is 18.2 Å². The lowest BCUT2D eigenvalue weighted by Crippen LogP contribution is -2.10. The third kappa shape index (κ3) is 2.48. The lowest BCUT2D eigenvalue weighted by atomic mass is 9.84. The molecule has 3 rings (SSSR count). The molecule has 0 amide bonds. The van der Waals surface area contributed by atoms with Crippen LogP contribution in [-0.2, 0) is 6.42 Å². The van der Waals surface area contributed by atoms with E-state index in [9.17, 15) is 4.39 Å². The Morgan fingerprint density at radius 3 is 2.84 bits per heavy atom. The predicted molar refractivity (Wildman–Crippen MR) is 78.5 cm³/mol. The Hall–Kier alpha value is -1.11. The molecule has 1 heteroatoms. The van der Waals surface area contributed by atoms with Crippen LogP contribution in [0.1, 0.15) is 56.6 Å². The zero-order chi connectivity index (χ0) is 13.2. The van der Waals surface area contributed by atoms with Gasteiger partial charge in [-0.1, -0.05) is 56.9 Å². The largest absolute Gasteiger partial charge is 0.206 e. The fourth-order valence-corrected chi connectivity index (χ4v) is 3.83. The van der Waals surface area contributed by atoms with Gasteiger partial charge in [-0.15, -0.1) is 0 Å². The molecule has 0 bridgehead atoms. The van der Waals surface area contributed by atoms with E-state index in [-0.39, 0.29) is 5.83 Å². The minimum atomic E-state index is 0.102. The first-order valence-corrected chi connectivity index (χ1v) is 7.76. The zero-order valence-electron chi connectivity index (χ0n) is 11.8. The Morgan fingerprint density at radius 1 is 1.16 bits per heavy atom.